The Morgan fingerprint density at radius 2 is 1.67 bits per heavy atom. The van der Waals surface area contributed by atoms with E-state index in [2.05, 4.69) is 10.6 Å². The number of benzene rings is 2. The van der Waals surface area contributed by atoms with Gasteiger partial charge in [0.2, 0.25) is 17.7 Å². The van der Waals surface area contributed by atoms with Gasteiger partial charge in [-0.15, -0.1) is 0 Å². The van der Waals surface area contributed by atoms with Gasteiger partial charge in [-0.1, -0.05) is 12.1 Å². The normalized spacial score (nSPS) is 12.7. The lowest BCUT2D eigenvalue weighted by Gasteiger charge is -2.14. The van der Waals surface area contributed by atoms with Gasteiger partial charge in [-0.25, -0.2) is 0 Å². The lowest BCUT2D eigenvalue weighted by atomic mass is 10.1. The zero-order chi connectivity index (χ0) is 19.4. The van der Waals surface area contributed by atoms with Crippen molar-refractivity contribution in [1.82, 2.24) is 0 Å². The minimum absolute atomic E-state index is 0.0259. The predicted octanol–water partition coefficient (Wildman–Crippen LogP) is 3.21. The van der Waals surface area contributed by atoms with Crippen molar-refractivity contribution in [2.24, 2.45) is 0 Å². The molecule has 6 heteroatoms. The molecule has 1 aliphatic heterocycles. The maximum atomic E-state index is 12.2. The third-order valence-electron chi connectivity index (χ3n) is 4.28. The van der Waals surface area contributed by atoms with Gasteiger partial charge in [-0.2, -0.15) is 0 Å². The van der Waals surface area contributed by atoms with E-state index in [-0.39, 0.29) is 17.7 Å². The van der Waals surface area contributed by atoms with Crippen molar-refractivity contribution in [3.05, 3.63) is 59.7 Å². The highest BCUT2D eigenvalue weighted by molar-refractivity contribution is 6.02. The molecule has 3 rings (SSSR count). The Kier molecular flexibility index (Phi) is 5.35. The van der Waals surface area contributed by atoms with Crippen LogP contribution in [0.5, 0.6) is 0 Å². The van der Waals surface area contributed by atoms with Gasteiger partial charge in [0, 0.05) is 43.5 Å². The van der Waals surface area contributed by atoms with Gasteiger partial charge >= 0.3 is 0 Å². The number of fused-ring (bicyclic) bond motifs is 1. The minimum atomic E-state index is -0.234. The van der Waals surface area contributed by atoms with Crippen molar-refractivity contribution in [3.8, 4) is 0 Å². The number of nitrogens with one attached hydrogen (secondary N) is 2. The number of nitrogens with zero attached hydrogens (tertiary/aromatic N) is 1. The molecule has 2 aromatic carbocycles. The summed E-state index contributed by atoms with van der Waals surface area (Å²) in [7, 11) is 0. The first kappa shape index (κ1) is 18.4. The zero-order valence-corrected chi connectivity index (χ0v) is 15.3. The van der Waals surface area contributed by atoms with Crippen LogP contribution in [0, 0.1) is 0 Å². The number of rotatable bonds is 4. The average Bonchev–Trinajstić information content (AvgIpc) is 3.04. The number of hydrogen-bond donors (Lipinski definition) is 2. The SMILES string of the molecule is CC(=O)Nc1ccc(/C=C/C(=O)Nc2ccc3c(c2)CCN3C(C)=O)cc1. The third kappa shape index (κ3) is 4.61. The van der Waals surface area contributed by atoms with Gasteiger partial charge in [0.05, 0.1) is 0 Å². The molecule has 0 spiro atoms. The van der Waals surface area contributed by atoms with Crippen LogP contribution in [-0.4, -0.2) is 24.3 Å². The third-order valence-corrected chi connectivity index (χ3v) is 4.28. The second-order valence-electron chi connectivity index (χ2n) is 6.39. The number of carbonyl (C=O) groups is 3. The van der Waals surface area contributed by atoms with Gasteiger partial charge in [0.25, 0.3) is 0 Å². The Labute approximate surface area is 157 Å². The largest absolute Gasteiger partial charge is 0.326 e. The highest BCUT2D eigenvalue weighted by Gasteiger charge is 2.22. The number of hydrogen-bond acceptors (Lipinski definition) is 3. The first-order valence-electron chi connectivity index (χ1n) is 8.70. The number of carbonyl (C=O) groups excluding carboxylic acids is 3. The molecule has 1 heterocycles. The van der Waals surface area contributed by atoms with Crippen molar-refractivity contribution in [2.75, 3.05) is 22.1 Å². The van der Waals surface area contributed by atoms with Gasteiger partial charge in [0.1, 0.15) is 0 Å². The molecule has 0 aliphatic carbocycles. The summed E-state index contributed by atoms with van der Waals surface area (Å²) in [5.41, 5.74) is 4.23. The van der Waals surface area contributed by atoms with Crippen LogP contribution in [0.1, 0.15) is 25.0 Å². The molecule has 3 amide bonds. The second kappa shape index (κ2) is 7.86. The number of amides is 3. The van der Waals surface area contributed by atoms with E-state index in [1.807, 2.05) is 24.3 Å². The van der Waals surface area contributed by atoms with E-state index >= 15 is 0 Å². The quantitative estimate of drug-likeness (QED) is 0.819. The summed E-state index contributed by atoms with van der Waals surface area (Å²) in [6.07, 6.45) is 3.95. The van der Waals surface area contributed by atoms with Gasteiger partial charge < -0.3 is 15.5 Å². The summed E-state index contributed by atoms with van der Waals surface area (Å²) in [5, 5.41) is 5.53. The van der Waals surface area contributed by atoms with Crippen LogP contribution in [0.25, 0.3) is 6.08 Å². The van der Waals surface area contributed by atoms with Crippen LogP contribution < -0.4 is 15.5 Å². The first-order valence-corrected chi connectivity index (χ1v) is 8.70. The van der Waals surface area contributed by atoms with Crippen LogP contribution in [0.3, 0.4) is 0 Å². The second-order valence-corrected chi connectivity index (χ2v) is 6.39. The van der Waals surface area contributed by atoms with Crippen LogP contribution in [0.4, 0.5) is 17.1 Å². The summed E-state index contributed by atoms with van der Waals surface area (Å²) >= 11 is 0. The highest BCUT2D eigenvalue weighted by Crippen LogP contribution is 2.30. The fourth-order valence-corrected chi connectivity index (χ4v) is 3.04. The van der Waals surface area contributed by atoms with Gasteiger partial charge in [-0.05, 0) is 54.0 Å². The topological polar surface area (TPSA) is 78.5 Å². The highest BCUT2D eigenvalue weighted by atomic mass is 16.2. The van der Waals surface area contributed by atoms with Crippen LogP contribution in [0.2, 0.25) is 0 Å². The van der Waals surface area contributed by atoms with E-state index < -0.39 is 0 Å². The van der Waals surface area contributed by atoms with E-state index in [4.69, 9.17) is 0 Å². The minimum Gasteiger partial charge on any atom is -0.326 e. The number of anilines is 3. The summed E-state index contributed by atoms with van der Waals surface area (Å²) in [6, 6.07) is 12.8. The van der Waals surface area contributed by atoms with Crippen LogP contribution in [0.15, 0.2) is 48.5 Å². The van der Waals surface area contributed by atoms with E-state index in [9.17, 15) is 14.4 Å². The standard InChI is InChI=1S/C21H21N3O3/c1-14(25)22-18-6-3-16(4-7-18)5-10-21(27)23-19-8-9-20-17(13-19)11-12-24(20)15(2)26/h3-10,13H,11-12H2,1-2H3,(H,22,25)(H,23,27)/b10-5+. The van der Waals surface area contributed by atoms with Crippen molar-refractivity contribution >= 4 is 40.9 Å². The zero-order valence-electron chi connectivity index (χ0n) is 15.3. The van der Waals surface area contributed by atoms with Crippen LogP contribution >= 0.6 is 0 Å². The predicted molar refractivity (Wildman–Crippen MR) is 107 cm³/mol. The first-order chi connectivity index (χ1) is 12.9. The van der Waals surface area contributed by atoms with E-state index in [0.29, 0.717) is 17.9 Å². The van der Waals surface area contributed by atoms with Crippen molar-refractivity contribution in [3.63, 3.8) is 0 Å². The monoisotopic (exact) mass is 363 g/mol. The van der Waals surface area contributed by atoms with Crippen molar-refractivity contribution in [1.29, 1.82) is 0 Å². The average molecular weight is 363 g/mol. The Morgan fingerprint density at radius 1 is 0.963 bits per heavy atom. The molecule has 0 atom stereocenters. The van der Waals surface area contributed by atoms with E-state index in [1.165, 1.54) is 13.0 Å². The Hall–Kier alpha value is -3.41. The molecule has 0 fully saturated rings. The summed E-state index contributed by atoms with van der Waals surface area (Å²) in [5.74, 6) is -0.335. The maximum absolute atomic E-state index is 12.2. The molecule has 1 aliphatic rings. The summed E-state index contributed by atoms with van der Waals surface area (Å²) in [6.45, 7) is 3.68. The Bertz CT molecular complexity index is 917. The molecule has 0 bridgehead atoms. The molecular formula is C21H21N3O3. The molecule has 2 aromatic rings. The molecule has 0 unspecified atom stereocenters. The van der Waals surface area contributed by atoms with Crippen molar-refractivity contribution in [2.45, 2.75) is 20.3 Å². The molecule has 0 saturated heterocycles. The lowest BCUT2D eigenvalue weighted by molar-refractivity contribution is -0.116. The van der Waals surface area contributed by atoms with E-state index in [1.54, 1.807) is 36.1 Å². The van der Waals surface area contributed by atoms with Crippen LogP contribution in [-0.2, 0) is 20.8 Å². The molecule has 0 aromatic heterocycles. The summed E-state index contributed by atoms with van der Waals surface area (Å²) < 4.78 is 0. The van der Waals surface area contributed by atoms with Gasteiger partial charge in [-0.3, -0.25) is 14.4 Å². The smallest absolute Gasteiger partial charge is 0.248 e. The molecule has 138 valence electrons. The van der Waals surface area contributed by atoms with Crippen molar-refractivity contribution < 1.29 is 14.4 Å². The molecule has 2 N–H and O–H groups in total. The molecular weight excluding hydrogens is 342 g/mol. The maximum Gasteiger partial charge on any atom is 0.248 e. The molecule has 27 heavy (non-hydrogen) atoms. The fraction of sp³-hybridized carbons (Fsp3) is 0.190. The summed E-state index contributed by atoms with van der Waals surface area (Å²) in [4.78, 5) is 36.5. The molecule has 0 radical (unpaired) electrons. The lowest BCUT2D eigenvalue weighted by Crippen LogP contribution is -2.25. The molecule has 6 nitrogen and oxygen atoms in total. The Balaban J connectivity index is 1.62. The van der Waals surface area contributed by atoms with Gasteiger partial charge in [0.15, 0.2) is 0 Å². The Morgan fingerprint density at radius 3 is 2.33 bits per heavy atom. The van der Waals surface area contributed by atoms with E-state index in [0.717, 1.165) is 23.2 Å². The fourth-order valence-electron chi connectivity index (χ4n) is 3.04. The molecule has 0 saturated carbocycles.